The van der Waals surface area contributed by atoms with Gasteiger partial charge in [-0.05, 0) is 60.7 Å². The van der Waals surface area contributed by atoms with E-state index in [9.17, 15) is 18.4 Å². The second kappa shape index (κ2) is 8.67. The molecule has 0 fully saturated rings. The Kier molecular flexibility index (Phi) is 5.39. The summed E-state index contributed by atoms with van der Waals surface area (Å²) in [5, 5.41) is 3.24. The molecule has 34 heavy (non-hydrogen) atoms. The van der Waals surface area contributed by atoms with Crippen molar-refractivity contribution in [2.45, 2.75) is 0 Å². The number of rotatable bonds is 5. The van der Waals surface area contributed by atoms with Crippen molar-refractivity contribution in [2.75, 3.05) is 5.32 Å². The van der Waals surface area contributed by atoms with Crippen LogP contribution >= 0.6 is 0 Å². The molecule has 0 aliphatic heterocycles. The standard InChI is InChI=1S/C26H16F2N4O2/c27-20-3-1-2-17(9-20)26(34)31-22-11-19(10-21(28)13-22)25(33)16-4-5-24-18(8-16)12-23(14-30-24)32-7-6-29-15-32/h1-15H,(H,31,34). The average molecular weight is 454 g/mol. The van der Waals surface area contributed by atoms with Crippen LogP contribution in [0.25, 0.3) is 16.6 Å². The number of hydrogen-bond donors (Lipinski definition) is 1. The number of carbonyl (C=O) groups is 2. The number of amides is 1. The molecule has 0 atom stereocenters. The van der Waals surface area contributed by atoms with Crippen LogP contribution in [0, 0.1) is 11.6 Å². The molecule has 2 aromatic heterocycles. The van der Waals surface area contributed by atoms with E-state index in [0.29, 0.717) is 11.1 Å². The number of halogens is 2. The summed E-state index contributed by atoms with van der Waals surface area (Å²) in [5.74, 6) is -2.29. The van der Waals surface area contributed by atoms with Gasteiger partial charge in [0, 0.05) is 40.2 Å². The minimum atomic E-state index is -0.690. The lowest BCUT2D eigenvalue weighted by molar-refractivity contribution is 0.102. The number of nitrogens with one attached hydrogen (secondary N) is 1. The highest BCUT2D eigenvalue weighted by molar-refractivity contribution is 6.11. The van der Waals surface area contributed by atoms with Crippen LogP contribution in [0.4, 0.5) is 14.5 Å². The van der Waals surface area contributed by atoms with E-state index < -0.39 is 23.3 Å². The number of hydrogen-bond acceptors (Lipinski definition) is 4. The van der Waals surface area contributed by atoms with E-state index >= 15 is 0 Å². The number of nitrogens with zero attached hydrogens (tertiary/aromatic N) is 3. The minimum Gasteiger partial charge on any atom is -0.322 e. The molecule has 0 radical (unpaired) electrons. The molecule has 2 heterocycles. The maximum atomic E-state index is 14.3. The Morgan fingerprint density at radius 2 is 1.71 bits per heavy atom. The van der Waals surface area contributed by atoms with Gasteiger partial charge in [-0.25, -0.2) is 13.8 Å². The van der Waals surface area contributed by atoms with Crippen LogP contribution in [0.5, 0.6) is 0 Å². The first-order valence-corrected chi connectivity index (χ1v) is 10.3. The van der Waals surface area contributed by atoms with Crippen LogP contribution in [0.15, 0.2) is 91.6 Å². The maximum absolute atomic E-state index is 14.3. The largest absolute Gasteiger partial charge is 0.322 e. The number of anilines is 1. The zero-order chi connectivity index (χ0) is 23.7. The van der Waals surface area contributed by atoms with Crippen molar-refractivity contribution in [3.63, 3.8) is 0 Å². The Balaban J connectivity index is 1.45. The highest BCUT2D eigenvalue weighted by Crippen LogP contribution is 2.22. The molecule has 5 rings (SSSR count). The van der Waals surface area contributed by atoms with Gasteiger partial charge in [-0.3, -0.25) is 14.6 Å². The number of benzene rings is 3. The molecular weight excluding hydrogens is 438 g/mol. The lowest BCUT2D eigenvalue weighted by Crippen LogP contribution is -2.13. The van der Waals surface area contributed by atoms with Gasteiger partial charge in [0.05, 0.1) is 23.7 Å². The quantitative estimate of drug-likeness (QED) is 0.371. The summed E-state index contributed by atoms with van der Waals surface area (Å²) in [6.45, 7) is 0. The van der Waals surface area contributed by atoms with Gasteiger partial charge in [0.25, 0.3) is 5.91 Å². The summed E-state index contributed by atoms with van der Waals surface area (Å²) in [7, 11) is 0. The normalized spacial score (nSPS) is 10.9. The van der Waals surface area contributed by atoms with Gasteiger partial charge < -0.3 is 9.88 Å². The van der Waals surface area contributed by atoms with E-state index in [1.165, 1.54) is 24.3 Å². The summed E-state index contributed by atoms with van der Waals surface area (Å²) in [6, 6.07) is 15.6. The summed E-state index contributed by atoms with van der Waals surface area (Å²) in [4.78, 5) is 34.0. The highest BCUT2D eigenvalue weighted by Gasteiger charge is 2.15. The number of aromatic nitrogens is 3. The summed E-state index contributed by atoms with van der Waals surface area (Å²) in [6.07, 6.45) is 6.78. The Morgan fingerprint density at radius 1 is 0.853 bits per heavy atom. The van der Waals surface area contributed by atoms with E-state index in [0.717, 1.165) is 29.3 Å². The third-order valence-corrected chi connectivity index (χ3v) is 5.24. The van der Waals surface area contributed by atoms with E-state index in [1.54, 1.807) is 47.7 Å². The van der Waals surface area contributed by atoms with Gasteiger partial charge in [0.2, 0.25) is 0 Å². The zero-order valence-electron chi connectivity index (χ0n) is 17.6. The lowest BCUT2D eigenvalue weighted by atomic mass is 10.0. The first-order chi connectivity index (χ1) is 16.5. The summed E-state index contributed by atoms with van der Waals surface area (Å²) >= 11 is 0. The van der Waals surface area contributed by atoms with Crippen molar-refractivity contribution >= 4 is 28.3 Å². The molecule has 0 saturated carbocycles. The van der Waals surface area contributed by atoms with E-state index in [1.807, 2.05) is 6.07 Å². The van der Waals surface area contributed by atoms with Crippen LogP contribution in [0.1, 0.15) is 26.3 Å². The van der Waals surface area contributed by atoms with Gasteiger partial charge in [-0.15, -0.1) is 0 Å². The molecule has 166 valence electrons. The second-order valence-electron chi connectivity index (χ2n) is 7.59. The maximum Gasteiger partial charge on any atom is 0.255 e. The number of fused-ring (bicyclic) bond motifs is 1. The Labute approximate surface area is 192 Å². The van der Waals surface area contributed by atoms with Crippen LogP contribution < -0.4 is 5.32 Å². The SMILES string of the molecule is O=C(Nc1cc(F)cc(C(=O)c2ccc3ncc(-n4ccnc4)cc3c2)c1)c1cccc(F)c1. The summed E-state index contributed by atoms with van der Waals surface area (Å²) < 4.78 is 29.5. The molecule has 0 spiro atoms. The lowest BCUT2D eigenvalue weighted by Gasteiger charge is -2.09. The highest BCUT2D eigenvalue weighted by atomic mass is 19.1. The van der Waals surface area contributed by atoms with Gasteiger partial charge in [0.1, 0.15) is 11.6 Å². The molecule has 5 aromatic rings. The first kappa shape index (κ1) is 21.1. The van der Waals surface area contributed by atoms with Crippen molar-refractivity contribution in [3.05, 3.63) is 120 Å². The predicted octanol–water partition coefficient (Wildman–Crippen LogP) is 5.18. The second-order valence-corrected chi connectivity index (χ2v) is 7.59. The van der Waals surface area contributed by atoms with E-state index in [-0.39, 0.29) is 16.8 Å². The third-order valence-electron chi connectivity index (χ3n) is 5.24. The molecule has 8 heteroatoms. The van der Waals surface area contributed by atoms with Crippen molar-refractivity contribution in [1.29, 1.82) is 0 Å². The van der Waals surface area contributed by atoms with Crippen molar-refractivity contribution in [1.82, 2.24) is 14.5 Å². The Morgan fingerprint density at radius 3 is 2.50 bits per heavy atom. The fourth-order valence-electron chi connectivity index (χ4n) is 3.61. The van der Waals surface area contributed by atoms with Crippen LogP contribution in [0.2, 0.25) is 0 Å². The molecule has 3 aromatic carbocycles. The Bertz CT molecular complexity index is 1550. The van der Waals surface area contributed by atoms with Crippen molar-refractivity contribution in [2.24, 2.45) is 0 Å². The monoisotopic (exact) mass is 454 g/mol. The van der Waals surface area contributed by atoms with E-state index in [4.69, 9.17) is 0 Å². The minimum absolute atomic E-state index is 0.0626. The fraction of sp³-hybridized carbons (Fsp3) is 0. The van der Waals surface area contributed by atoms with Crippen LogP contribution in [-0.2, 0) is 0 Å². The molecule has 1 amide bonds. The number of carbonyl (C=O) groups excluding carboxylic acids is 2. The molecule has 0 saturated heterocycles. The number of imidazole rings is 1. The molecule has 1 N–H and O–H groups in total. The first-order valence-electron chi connectivity index (χ1n) is 10.3. The van der Waals surface area contributed by atoms with Crippen molar-refractivity contribution in [3.8, 4) is 5.69 Å². The van der Waals surface area contributed by atoms with Crippen LogP contribution in [-0.4, -0.2) is 26.2 Å². The van der Waals surface area contributed by atoms with E-state index in [2.05, 4.69) is 15.3 Å². The van der Waals surface area contributed by atoms with Gasteiger partial charge in [-0.1, -0.05) is 6.07 Å². The molecule has 0 aliphatic carbocycles. The number of ketones is 1. The molecular formula is C26H16F2N4O2. The molecule has 0 bridgehead atoms. The van der Waals surface area contributed by atoms with Gasteiger partial charge >= 0.3 is 0 Å². The number of pyridine rings is 1. The van der Waals surface area contributed by atoms with Gasteiger partial charge in [-0.2, -0.15) is 0 Å². The topological polar surface area (TPSA) is 76.9 Å². The zero-order valence-corrected chi connectivity index (χ0v) is 17.6. The summed E-state index contributed by atoms with van der Waals surface area (Å²) in [5.41, 5.74) is 2.04. The molecule has 0 aliphatic rings. The van der Waals surface area contributed by atoms with Gasteiger partial charge in [0.15, 0.2) is 5.78 Å². The molecule has 0 unspecified atom stereocenters. The van der Waals surface area contributed by atoms with Crippen molar-refractivity contribution < 1.29 is 18.4 Å². The fourth-order valence-corrected chi connectivity index (χ4v) is 3.61. The smallest absolute Gasteiger partial charge is 0.255 e. The molecule has 6 nitrogen and oxygen atoms in total. The Hall–Kier alpha value is -4.72. The average Bonchev–Trinajstić information content (AvgIpc) is 3.37. The van der Waals surface area contributed by atoms with Crippen LogP contribution in [0.3, 0.4) is 0 Å². The predicted molar refractivity (Wildman–Crippen MR) is 123 cm³/mol. The third kappa shape index (κ3) is 4.29.